The average Bonchev–Trinajstić information content (AvgIpc) is 3.74. The number of benzene rings is 7. The minimum atomic E-state index is 0.714. The largest absolute Gasteiger partial charge is 0.309 e. The molecule has 7 aromatic carbocycles. The molecule has 10 aromatic rings. The molecule has 50 heavy (non-hydrogen) atoms. The third kappa shape index (κ3) is 4.73. The second-order valence-electron chi connectivity index (χ2n) is 12.6. The molecule has 0 spiro atoms. The summed E-state index contributed by atoms with van der Waals surface area (Å²) in [6, 6.07) is 62.3. The Hall–Kier alpha value is -6.36. The van der Waals surface area contributed by atoms with Crippen molar-refractivity contribution in [2.24, 2.45) is 0 Å². The van der Waals surface area contributed by atoms with Gasteiger partial charge in [-0.1, -0.05) is 140 Å². The van der Waals surface area contributed by atoms with E-state index in [4.69, 9.17) is 9.97 Å². The molecule has 0 fully saturated rings. The summed E-state index contributed by atoms with van der Waals surface area (Å²) in [5.74, 6) is 0.714. The van der Waals surface area contributed by atoms with Crippen LogP contribution in [0.25, 0.3) is 92.7 Å². The number of aromatic nitrogens is 3. The van der Waals surface area contributed by atoms with Gasteiger partial charge in [0.1, 0.15) is 0 Å². The van der Waals surface area contributed by atoms with Crippen LogP contribution in [0.15, 0.2) is 176 Å². The Bertz CT molecular complexity index is 2770. The van der Waals surface area contributed by atoms with Gasteiger partial charge in [-0.05, 0) is 47.5 Å². The van der Waals surface area contributed by atoms with E-state index >= 15 is 0 Å². The molecule has 0 saturated heterocycles. The third-order valence-corrected chi connectivity index (χ3v) is 10.9. The highest BCUT2D eigenvalue weighted by atomic mass is 32.1. The molecule has 3 nitrogen and oxygen atoms in total. The molecule has 0 bridgehead atoms. The molecule has 0 N–H and O–H groups in total. The summed E-state index contributed by atoms with van der Waals surface area (Å²) in [6.07, 6.45) is 0. The van der Waals surface area contributed by atoms with Crippen LogP contribution in [0.4, 0.5) is 0 Å². The van der Waals surface area contributed by atoms with Gasteiger partial charge in [0.25, 0.3) is 0 Å². The van der Waals surface area contributed by atoms with Crippen molar-refractivity contribution >= 4 is 53.3 Å². The minimum absolute atomic E-state index is 0.714. The van der Waals surface area contributed by atoms with Gasteiger partial charge < -0.3 is 4.57 Å². The summed E-state index contributed by atoms with van der Waals surface area (Å²) >= 11 is 1.89. The summed E-state index contributed by atoms with van der Waals surface area (Å²) in [4.78, 5) is 10.0. The number of thiophene rings is 1. The van der Waals surface area contributed by atoms with E-state index in [1.54, 1.807) is 0 Å². The van der Waals surface area contributed by atoms with Crippen LogP contribution < -0.4 is 0 Å². The van der Waals surface area contributed by atoms with Crippen molar-refractivity contribution in [1.82, 2.24) is 14.5 Å². The standard InChI is InChI=1S/C46H29N3S/c1-3-11-32(12-4-1)39-29-40(33-13-5-2-6-14-33)48-46(47-39)34-21-19-30(20-22-34)31-23-25-35(26-24-31)49-41-17-9-7-16-38(41)44-42(49)28-27-37-36-15-8-10-18-43(36)50-45(37)44/h1-29H. The Morgan fingerprint density at radius 2 is 0.960 bits per heavy atom. The highest BCUT2D eigenvalue weighted by Gasteiger charge is 2.17. The van der Waals surface area contributed by atoms with Gasteiger partial charge in [-0.2, -0.15) is 0 Å². The smallest absolute Gasteiger partial charge is 0.160 e. The Kier molecular flexibility index (Phi) is 6.68. The quantitative estimate of drug-likeness (QED) is 0.185. The summed E-state index contributed by atoms with van der Waals surface area (Å²) in [6.45, 7) is 0. The van der Waals surface area contributed by atoms with Crippen molar-refractivity contribution in [2.45, 2.75) is 0 Å². The maximum Gasteiger partial charge on any atom is 0.160 e. The van der Waals surface area contributed by atoms with Gasteiger partial charge in [-0.3, -0.25) is 0 Å². The molecule has 0 saturated carbocycles. The lowest BCUT2D eigenvalue weighted by Gasteiger charge is -2.11. The molecule has 4 heteroatoms. The van der Waals surface area contributed by atoms with Gasteiger partial charge in [0.05, 0.1) is 22.4 Å². The van der Waals surface area contributed by atoms with E-state index in [-0.39, 0.29) is 0 Å². The first kappa shape index (κ1) is 28.6. The molecule has 10 rings (SSSR count). The second kappa shape index (κ2) is 11.7. The number of nitrogens with zero attached hydrogens (tertiary/aromatic N) is 3. The average molecular weight is 656 g/mol. The molecule has 3 heterocycles. The van der Waals surface area contributed by atoms with Crippen LogP contribution >= 0.6 is 11.3 Å². The predicted octanol–water partition coefficient (Wildman–Crippen LogP) is 12.6. The lowest BCUT2D eigenvalue weighted by Crippen LogP contribution is -1.96. The zero-order valence-corrected chi connectivity index (χ0v) is 27.8. The number of hydrogen-bond donors (Lipinski definition) is 0. The summed E-state index contributed by atoms with van der Waals surface area (Å²) in [7, 11) is 0. The monoisotopic (exact) mass is 655 g/mol. The van der Waals surface area contributed by atoms with Gasteiger partial charge in [0.15, 0.2) is 5.82 Å². The molecule has 0 unspecified atom stereocenters. The van der Waals surface area contributed by atoms with E-state index in [1.807, 2.05) is 47.7 Å². The minimum Gasteiger partial charge on any atom is -0.309 e. The zero-order valence-electron chi connectivity index (χ0n) is 27.0. The van der Waals surface area contributed by atoms with Crippen LogP contribution in [0.2, 0.25) is 0 Å². The van der Waals surface area contributed by atoms with Crippen LogP contribution in [-0.2, 0) is 0 Å². The van der Waals surface area contributed by atoms with Crippen molar-refractivity contribution in [3.8, 4) is 50.7 Å². The van der Waals surface area contributed by atoms with E-state index in [0.29, 0.717) is 5.82 Å². The number of rotatable bonds is 5. The van der Waals surface area contributed by atoms with Gasteiger partial charge in [-0.25, -0.2) is 9.97 Å². The molecule has 0 aliphatic carbocycles. The molecule has 0 amide bonds. The first-order valence-electron chi connectivity index (χ1n) is 16.8. The zero-order chi connectivity index (χ0) is 33.0. The Labute approximate surface area is 293 Å². The van der Waals surface area contributed by atoms with Gasteiger partial charge in [-0.15, -0.1) is 11.3 Å². The summed E-state index contributed by atoms with van der Waals surface area (Å²) in [5, 5.41) is 5.27. The van der Waals surface area contributed by atoms with Crippen molar-refractivity contribution in [1.29, 1.82) is 0 Å². The molecule has 3 aromatic heterocycles. The van der Waals surface area contributed by atoms with Crippen LogP contribution in [0.1, 0.15) is 0 Å². The van der Waals surface area contributed by atoms with E-state index in [9.17, 15) is 0 Å². The molecule has 0 atom stereocenters. The van der Waals surface area contributed by atoms with Crippen molar-refractivity contribution in [3.05, 3.63) is 176 Å². The van der Waals surface area contributed by atoms with E-state index in [2.05, 4.69) is 144 Å². The fourth-order valence-corrected chi connectivity index (χ4v) is 8.48. The van der Waals surface area contributed by atoms with Gasteiger partial charge in [0.2, 0.25) is 0 Å². The second-order valence-corrected chi connectivity index (χ2v) is 13.7. The first-order valence-corrected chi connectivity index (χ1v) is 17.6. The van der Waals surface area contributed by atoms with Gasteiger partial charge >= 0.3 is 0 Å². The molecule has 234 valence electrons. The number of para-hydroxylation sites is 1. The molecule has 0 radical (unpaired) electrons. The first-order chi connectivity index (χ1) is 24.8. The van der Waals surface area contributed by atoms with E-state index < -0.39 is 0 Å². The van der Waals surface area contributed by atoms with E-state index in [1.165, 1.54) is 42.0 Å². The Morgan fingerprint density at radius 1 is 0.400 bits per heavy atom. The highest BCUT2D eigenvalue weighted by molar-refractivity contribution is 7.26. The SMILES string of the molecule is c1ccc(-c2cc(-c3ccccc3)nc(-c3ccc(-c4ccc(-n5c6ccccc6c6c7sc8ccccc8c7ccc65)cc4)cc3)n2)cc1. The topological polar surface area (TPSA) is 30.7 Å². The van der Waals surface area contributed by atoms with Gasteiger partial charge in [0, 0.05) is 53.3 Å². The van der Waals surface area contributed by atoms with Crippen molar-refractivity contribution in [3.63, 3.8) is 0 Å². The fraction of sp³-hybridized carbons (Fsp3) is 0. The predicted molar refractivity (Wildman–Crippen MR) is 211 cm³/mol. The molecular weight excluding hydrogens is 627 g/mol. The van der Waals surface area contributed by atoms with Crippen molar-refractivity contribution in [2.75, 3.05) is 0 Å². The van der Waals surface area contributed by atoms with Crippen LogP contribution in [0.3, 0.4) is 0 Å². The fourth-order valence-electron chi connectivity index (χ4n) is 7.22. The van der Waals surface area contributed by atoms with Crippen LogP contribution in [0, 0.1) is 0 Å². The summed E-state index contributed by atoms with van der Waals surface area (Å²) < 4.78 is 5.08. The maximum absolute atomic E-state index is 5.01. The maximum atomic E-state index is 5.01. The highest BCUT2D eigenvalue weighted by Crippen LogP contribution is 2.43. The Morgan fingerprint density at radius 3 is 1.64 bits per heavy atom. The lowest BCUT2D eigenvalue weighted by molar-refractivity contribution is 1.18. The number of fused-ring (bicyclic) bond motifs is 7. The summed E-state index contributed by atoms with van der Waals surface area (Å²) in [5.41, 5.74) is 10.9. The molecular formula is C46H29N3S. The lowest BCUT2D eigenvalue weighted by atomic mass is 10.0. The normalized spacial score (nSPS) is 11.6. The van der Waals surface area contributed by atoms with Crippen LogP contribution in [0.5, 0.6) is 0 Å². The van der Waals surface area contributed by atoms with Crippen molar-refractivity contribution < 1.29 is 0 Å². The Balaban J connectivity index is 1.02. The number of hydrogen-bond acceptors (Lipinski definition) is 3. The van der Waals surface area contributed by atoms with Crippen LogP contribution in [-0.4, -0.2) is 14.5 Å². The molecule has 0 aliphatic heterocycles. The van der Waals surface area contributed by atoms with E-state index in [0.717, 1.165) is 44.9 Å². The molecule has 0 aliphatic rings. The third-order valence-electron chi connectivity index (χ3n) is 9.65.